The fraction of sp³-hybridized carbons (Fsp3) is 0.533. The zero-order valence-electron chi connectivity index (χ0n) is 12.6. The van der Waals surface area contributed by atoms with Gasteiger partial charge in [0, 0.05) is 22.6 Å². The number of fused-ring (bicyclic) bond motifs is 2. The Kier molecular flexibility index (Phi) is 4.75. The number of halogens is 2. The number of hydrogen-bond donors (Lipinski definition) is 1. The maximum Gasteiger partial charge on any atom is 0.253 e. The van der Waals surface area contributed by atoms with E-state index in [1.54, 1.807) is 22.5 Å². The Hall–Kier alpha value is -0.630. The van der Waals surface area contributed by atoms with Crippen molar-refractivity contribution in [1.29, 1.82) is 0 Å². The van der Waals surface area contributed by atoms with Gasteiger partial charge in [0.1, 0.15) is 0 Å². The van der Waals surface area contributed by atoms with Crippen LogP contribution in [0, 0.1) is 0 Å². The number of benzene rings is 1. The van der Waals surface area contributed by atoms with E-state index >= 15 is 0 Å². The summed E-state index contributed by atoms with van der Waals surface area (Å²) in [5.41, 5.74) is 0.430. The van der Waals surface area contributed by atoms with E-state index in [2.05, 4.69) is 21.2 Å². The second-order valence-electron chi connectivity index (χ2n) is 6.24. The van der Waals surface area contributed by atoms with Crippen LogP contribution >= 0.6 is 27.5 Å². The Morgan fingerprint density at radius 2 is 1.91 bits per heavy atom. The third-order valence-electron chi connectivity index (χ3n) is 4.56. The highest BCUT2D eigenvalue weighted by Crippen LogP contribution is 2.37. The predicted molar refractivity (Wildman–Crippen MR) is 93.1 cm³/mol. The van der Waals surface area contributed by atoms with Gasteiger partial charge in [-0.3, -0.25) is 4.79 Å². The second kappa shape index (κ2) is 6.35. The number of carbonyl (C=O) groups is 1. The Bertz CT molecular complexity index is 726. The molecule has 8 heteroatoms. The van der Waals surface area contributed by atoms with Crippen molar-refractivity contribution in [3.8, 4) is 0 Å². The number of hydrogen-bond acceptors (Lipinski definition) is 3. The molecule has 3 rings (SSSR count). The Labute approximate surface area is 149 Å². The average Bonchev–Trinajstić information content (AvgIpc) is 2.74. The zero-order chi connectivity index (χ0) is 16.8. The van der Waals surface area contributed by atoms with E-state index in [9.17, 15) is 13.2 Å². The predicted octanol–water partition coefficient (Wildman–Crippen LogP) is 2.79. The first-order chi connectivity index (χ1) is 10.8. The molecule has 2 saturated heterocycles. The molecule has 2 fully saturated rings. The standard InChI is InChI=1S/C15H18BrClN2O3S/c1-23(21,22)19-11-3-4-12(19)8-10(7-11)18-15(20)13-6-9(16)2-5-14(13)17/h2,5-6,10-12H,3-4,7-8H2,1H3,(H,18,20)/t11-,12-/m0/s1. The van der Waals surface area contributed by atoms with Crippen LogP contribution in [-0.2, 0) is 10.0 Å². The third kappa shape index (κ3) is 3.57. The number of carbonyl (C=O) groups excluding carboxylic acids is 1. The molecule has 0 aliphatic carbocycles. The molecule has 23 heavy (non-hydrogen) atoms. The summed E-state index contributed by atoms with van der Waals surface area (Å²) in [6.45, 7) is 0. The molecule has 126 valence electrons. The first kappa shape index (κ1) is 17.2. The van der Waals surface area contributed by atoms with Crippen LogP contribution in [0.3, 0.4) is 0 Å². The lowest BCUT2D eigenvalue weighted by Gasteiger charge is -2.37. The number of nitrogens with one attached hydrogen (secondary N) is 1. The molecular weight excluding hydrogens is 404 g/mol. The van der Waals surface area contributed by atoms with Gasteiger partial charge in [0.25, 0.3) is 5.91 Å². The van der Waals surface area contributed by atoms with Gasteiger partial charge in [-0.25, -0.2) is 8.42 Å². The molecule has 2 aliphatic rings. The summed E-state index contributed by atoms with van der Waals surface area (Å²) >= 11 is 9.43. The lowest BCUT2D eigenvalue weighted by atomic mass is 9.99. The number of rotatable bonds is 3. The molecule has 2 heterocycles. The summed E-state index contributed by atoms with van der Waals surface area (Å²) in [5, 5.41) is 3.42. The summed E-state index contributed by atoms with van der Waals surface area (Å²) < 4.78 is 26.2. The largest absolute Gasteiger partial charge is 0.349 e. The van der Waals surface area contributed by atoms with Crippen molar-refractivity contribution < 1.29 is 13.2 Å². The van der Waals surface area contributed by atoms with Crippen LogP contribution in [0.25, 0.3) is 0 Å². The van der Waals surface area contributed by atoms with Crippen LogP contribution in [-0.4, -0.2) is 43.0 Å². The summed E-state index contributed by atoms with van der Waals surface area (Å²) in [7, 11) is -3.18. The smallest absolute Gasteiger partial charge is 0.253 e. The van der Waals surface area contributed by atoms with Gasteiger partial charge in [-0.2, -0.15) is 4.31 Å². The summed E-state index contributed by atoms with van der Waals surface area (Å²) in [5.74, 6) is -0.214. The SMILES string of the molecule is CS(=O)(=O)N1[C@H]2CC[C@H]1CC(NC(=O)c1cc(Br)ccc1Cl)C2. The van der Waals surface area contributed by atoms with E-state index in [-0.39, 0.29) is 24.0 Å². The molecule has 2 atom stereocenters. The lowest BCUT2D eigenvalue weighted by Crippen LogP contribution is -2.52. The monoisotopic (exact) mass is 420 g/mol. The summed E-state index contributed by atoms with van der Waals surface area (Å²) in [6, 6.07) is 5.12. The van der Waals surface area contributed by atoms with Crippen molar-refractivity contribution in [3.63, 3.8) is 0 Å². The topological polar surface area (TPSA) is 66.5 Å². The molecule has 1 aromatic rings. The summed E-state index contributed by atoms with van der Waals surface area (Å²) in [6.07, 6.45) is 4.30. The van der Waals surface area contributed by atoms with Gasteiger partial charge in [-0.1, -0.05) is 27.5 Å². The zero-order valence-corrected chi connectivity index (χ0v) is 15.8. The van der Waals surface area contributed by atoms with E-state index in [4.69, 9.17) is 11.6 Å². The van der Waals surface area contributed by atoms with Crippen molar-refractivity contribution in [2.75, 3.05) is 6.26 Å². The van der Waals surface area contributed by atoms with E-state index in [1.807, 2.05) is 0 Å². The van der Waals surface area contributed by atoms with E-state index in [0.29, 0.717) is 23.4 Å². The molecule has 0 radical (unpaired) electrons. The van der Waals surface area contributed by atoms with Crippen molar-refractivity contribution >= 4 is 43.5 Å². The average molecular weight is 422 g/mol. The van der Waals surface area contributed by atoms with Gasteiger partial charge in [-0.05, 0) is 43.9 Å². The van der Waals surface area contributed by atoms with Crippen LogP contribution in [0.1, 0.15) is 36.0 Å². The van der Waals surface area contributed by atoms with Crippen molar-refractivity contribution in [1.82, 2.24) is 9.62 Å². The molecular formula is C15H18BrClN2O3S. The van der Waals surface area contributed by atoms with Crippen molar-refractivity contribution in [3.05, 3.63) is 33.3 Å². The second-order valence-corrected chi connectivity index (χ2v) is 9.45. The molecule has 2 aliphatic heterocycles. The van der Waals surface area contributed by atoms with Crippen LogP contribution in [0.4, 0.5) is 0 Å². The minimum atomic E-state index is -3.18. The van der Waals surface area contributed by atoms with Gasteiger partial charge in [-0.15, -0.1) is 0 Å². The molecule has 0 spiro atoms. The minimum Gasteiger partial charge on any atom is -0.349 e. The number of amides is 1. The van der Waals surface area contributed by atoms with Crippen LogP contribution in [0.5, 0.6) is 0 Å². The Balaban J connectivity index is 1.71. The van der Waals surface area contributed by atoms with Gasteiger partial charge in [0.15, 0.2) is 0 Å². The Morgan fingerprint density at radius 3 is 2.48 bits per heavy atom. The highest BCUT2D eigenvalue weighted by molar-refractivity contribution is 9.10. The number of piperidine rings is 1. The lowest BCUT2D eigenvalue weighted by molar-refractivity contribution is 0.0909. The number of sulfonamides is 1. The van der Waals surface area contributed by atoms with Gasteiger partial charge < -0.3 is 5.32 Å². The van der Waals surface area contributed by atoms with E-state index in [0.717, 1.165) is 17.3 Å². The van der Waals surface area contributed by atoms with E-state index in [1.165, 1.54) is 6.26 Å². The van der Waals surface area contributed by atoms with Crippen LogP contribution < -0.4 is 5.32 Å². The Morgan fingerprint density at radius 1 is 1.30 bits per heavy atom. The molecule has 1 aromatic carbocycles. The first-order valence-electron chi connectivity index (χ1n) is 7.50. The van der Waals surface area contributed by atoms with Gasteiger partial charge >= 0.3 is 0 Å². The third-order valence-corrected chi connectivity index (χ3v) is 6.74. The molecule has 5 nitrogen and oxygen atoms in total. The molecule has 0 saturated carbocycles. The highest BCUT2D eigenvalue weighted by atomic mass is 79.9. The van der Waals surface area contributed by atoms with Gasteiger partial charge in [0.2, 0.25) is 10.0 Å². The molecule has 0 unspecified atom stereocenters. The molecule has 1 amide bonds. The van der Waals surface area contributed by atoms with Crippen LogP contribution in [0.15, 0.2) is 22.7 Å². The maximum atomic E-state index is 12.4. The molecule has 2 bridgehead atoms. The quantitative estimate of drug-likeness (QED) is 0.816. The minimum absolute atomic E-state index is 0.00738. The van der Waals surface area contributed by atoms with Gasteiger partial charge in [0.05, 0.1) is 16.8 Å². The highest BCUT2D eigenvalue weighted by Gasteiger charge is 2.45. The maximum absolute atomic E-state index is 12.4. The summed E-state index contributed by atoms with van der Waals surface area (Å²) in [4.78, 5) is 12.4. The number of nitrogens with zero attached hydrogens (tertiary/aromatic N) is 1. The van der Waals surface area contributed by atoms with Crippen LogP contribution in [0.2, 0.25) is 5.02 Å². The fourth-order valence-corrected chi connectivity index (χ4v) is 5.76. The first-order valence-corrected chi connectivity index (χ1v) is 10.5. The van der Waals surface area contributed by atoms with Crippen molar-refractivity contribution in [2.24, 2.45) is 0 Å². The van der Waals surface area contributed by atoms with E-state index < -0.39 is 10.0 Å². The van der Waals surface area contributed by atoms with Crippen molar-refractivity contribution in [2.45, 2.75) is 43.8 Å². The fourth-order valence-electron chi connectivity index (χ4n) is 3.73. The molecule has 0 aromatic heterocycles. The molecule has 1 N–H and O–H groups in total. The normalized spacial score (nSPS) is 27.9.